The Labute approximate surface area is 178 Å². The van der Waals surface area contributed by atoms with Crippen LogP contribution >= 0.6 is 0 Å². The lowest BCUT2D eigenvalue weighted by Crippen LogP contribution is -2.55. The van der Waals surface area contributed by atoms with E-state index in [-0.39, 0.29) is 17.9 Å². The summed E-state index contributed by atoms with van der Waals surface area (Å²) >= 11 is 0. The van der Waals surface area contributed by atoms with Gasteiger partial charge in [-0.15, -0.1) is 0 Å². The zero-order chi connectivity index (χ0) is 21.1. The molecule has 0 spiro atoms. The molecule has 4 rings (SSSR count). The molecule has 2 amide bonds. The van der Waals surface area contributed by atoms with Crippen molar-refractivity contribution in [3.63, 3.8) is 0 Å². The maximum atomic E-state index is 13.1. The fourth-order valence-corrected chi connectivity index (χ4v) is 4.23. The molecular weight excluding hydrogens is 376 g/mol. The monoisotopic (exact) mass is 408 g/mol. The van der Waals surface area contributed by atoms with Gasteiger partial charge in [0.25, 0.3) is 0 Å². The SMILES string of the molecule is CCN(C(=O)CN1CCN(C(C)C(=O)NC2CC2)CC1)c1cccc2ccccc12. The molecular formula is C24H32N4O2. The molecule has 1 saturated carbocycles. The number of hydrogen-bond acceptors (Lipinski definition) is 4. The third-order valence-electron chi connectivity index (χ3n) is 6.29. The Kier molecular flexibility index (Phi) is 6.35. The van der Waals surface area contributed by atoms with Crippen molar-refractivity contribution < 1.29 is 9.59 Å². The van der Waals surface area contributed by atoms with E-state index in [2.05, 4.69) is 33.3 Å². The van der Waals surface area contributed by atoms with E-state index < -0.39 is 0 Å². The summed E-state index contributed by atoms with van der Waals surface area (Å²) < 4.78 is 0. The Morgan fingerprint density at radius 3 is 2.47 bits per heavy atom. The minimum absolute atomic E-state index is 0.105. The number of rotatable bonds is 7. The normalized spacial score (nSPS) is 18.9. The Bertz CT molecular complexity index is 898. The number of carbonyl (C=O) groups excluding carboxylic acids is 2. The minimum Gasteiger partial charge on any atom is -0.352 e. The van der Waals surface area contributed by atoms with Crippen LogP contribution in [0.4, 0.5) is 5.69 Å². The summed E-state index contributed by atoms with van der Waals surface area (Å²) in [6.45, 7) is 8.30. The van der Waals surface area contributed by atoms with Crippen LogP contribution in [0.5, 0.6) is 0 Å². The van der Waals surface area contributed by atoms with E-state index >= 15 is 0 Å². The first kappa shape index (κ1) is 20.8. The average molecular weight is 409 g/mol. The second-order valence-corrected chi connectivity index (χ2v) is 8.41. The maximum absolute atomic E-state index is 13.1. The van der Waals surface area contributed by atoms with Crippen molar-refractivity contribution >= 4 is 28.3 Å². The van der Waals surface area contributed by atoms with Gasteiger partial charge >= 0.3 is 0 Å². The highest BCUT2D eigenvalue weighted by molar-refractivity contribution is 6.04. The van der Waals surface area contributed by atoms with Gasteiger partial charge in [0.05, 0.1) is 18.3 Å². The lowest BCUT2D eigenvalue weighted by atomic mass is 10.1. The van der Waals surface area contributed by atoms with Gasteiger partial charge in [0, 0.05) is 44.2 Å². The zero-order valence-corrected chi connectivity index (χ0v) is 18.0. The van der Waals surface area contributed by atoms with Crippen LogP contribution < -0.4 is 10.2 Å². The van der Waals surface area contributed by atoms with Gasteiger partial charge in [-0.05, 0) is 38.1 Å². The minimum atomic E-state index is -0.105. The van der Waals surface area contributed by atoms with Gasteiger partial charge < -0.3 is 10.2 Å². The predicted octanol–water partition coefficient (Wildman–Crippen LogP) is 2.48. The van der Waals surface area contributed by atoms with Crippen LogP contribution in [0, 0.1) is 0 Å². The fourth-order valence-electron chi connectivity index (χ4n) is 4.23. The summed E-state index contributed by atoms with van der Waals surface area (Å²) in [6, 6.07) is 14.6. The summed E-state index contributed by atoms with van der Waals surface area (Å²) in [4.78, 5) is 31.8. The molecule has 0 radical (unpaired) electrons. The number of amides is 2. The van der Waals surface area contributed by atoms with Crippen molar-refractivity contribution in [2.75, 3.05) is 44.2 Å². The highest BCUT2D eigenvalue weighted by atomic mass is 16.2. The van der Waals surface area contributed by atoms with E-state index in [1.165, 1.54) is 0 Å². The highest BCUT2D eigenvalue weighted by Gasteiger charge is 2.30. The summed E-state index contributed by atoms with van der Waals surface area (Å²) in [5.41, 5.74) is 0.976. The lowest BCUT2D eigenvalue weighted by Gasteiger charge is -2.37. The topological polar surface area (TPSA) is 55.9 Å². The molecule has 6 heteroatoms. The largest absolute Gasteiger partial charge is 0.352 e. The van der Waals surface area contributed by atoms with E-state index in [0.717, 1.165) is 55.5 Å². The number of benzene rings is 2. The van der Waals surface area contributed by atoms with Gasteiger partial charge in [0.2, 0.25) is 11.8 Å². The second-order valence-electron chi connectivity index (χ2n) is 8.41. The highest BCUT2D eigenvalue weighted by Crippen LogP contribution is 2.27. The summed E-state index contributed by atoms with van der Waals surface area (Å²) in [7, 11) is 0. The molecule has 1 saturated heterocycles. The van der Waals surface area contributed by atoms with E-state index in [4.69, 9.17) is 0 Å². The zero-order valence-electron chi connectivity index (χ0n) is 18.0. The van der Waals surface area contributed by atoms with Crippen LogP contribution in [-0.2, 0) is 9.59 Å². The number of anilines is 1. The van der Waals surface area contributed by atoms with E-state index in [9.17, 15) is 9.59 Å². The number of fused-ring (bicyclic) bond motifs is 1. The number of hydrogen-bond donors (Lipinski definition) is 1. The molecule has 2 fully saturated rings. The maximum Gasteiger partial charge on any atom is 0.241 e. The molecule has 2 aromatic carbocycles. The number of nitrogens with zero attached hydrogens (tertiary/aromatic N) is 3. The molecule has 1 aliphatic carbocycles. The Hall–Kier alpha value is -2.44. The molecule has 1 atom stereocenters. The summed E-state index contributed by atoms with van der Waals surface area (Å²) in [5.74, 6) is 0.261. The molecule has 0 bridgehead atoms. The standard InChI is InChI=1S/C24H32N4O2/c1-3-28(22-10-6-8-19-7-4-5-9-21(19)22)23(29)17-26-13-15-27(16-14-26)18(2)24(30)25-20-11-12-20/h4-10,18,20H,3,11-17H2,1-2H3,(H,25,30). The predicted molar refractivity (Wildman–Crippen MR) is 121 cm³/mol. The molecule has 1 N–H and O–H groups in total. The van der Waals surface area contributed by atoms with Gasteiger partial charge in [-0.3, -0.25) is 19.4 Å². The summed E-state index contributed by atoms with van der Waals surface area (Å²) in [5, 5.41) is 5.35. The van der Waals surface area contributed by atoms with Crippen LogP contribution in [0.15, 0.2) is 42.5 Å². The van der Waals surface area contributed by atoms with Crippen LogP contribution in [-0.4, -0.2) is 73.0 Å². The summed E-state index contributed by atoms with van der Waals surface area (Å²) in [6.07, 6.45) is 2.22. The average Bonchev–Trinajstić information content (AvgIpc) is 3.58. The molecule has 1 heterocycles. The van der Waals surface area contributed by atoms with Crippen molar-refractivity contribution in [1.82, 2.24) is 15.1 Å². The van der Waals surface area contributed by atoms with Crippen LogP contribution in [0.3, 0.4) is 0 Å². The Morgan fingerprint density at radius 2 is 1.77 bits per heavy atom. The van der Waals surface area contributed by atoms with Gasteiger partial charge in [0.15, 0.2) is 0 Å². The van der Waals surface area contributed by atoms with Crippen LogP contribution in [0.2, 0.25) is 0 Å². The Balaban J connectivity index is 1.35. The first-order valence-electron chi connectivity index (χ1n) is 11.1. The van der Waals surface area contributed by atoms with Gasteiger partial charge in [-0.2, -0.15) is 0 Å². The molecule has 160 valence electrons. The van der Waals surface area contributed by atoms with Crippen molar-refractivity contribution in [3.8, 4) is 0 Å². The molecule has 6 nitrogen and oxygen atoms in total. The van der Waals surface area contributed by atoms with E-state index in [1.807, 2.05) is 43.0 Å². The molecule has 1 aliphatic heterocycles. The smallest absolute Gasteiger partial charge is 0.241 e. The second kappa shape index (κ2) is 9.14. The number of piperazine rings is 1. The van der Waals surface area contributed by atoms with Crippen molar-refractivity contribution in [2.45, 2.75) is 38.8 Å². The molecule has 2 aromatic rings. The van der Waals surface area contributed by atoms with Crippen molar-refractivity contribution in [2.24, 2.45) is 0 Å². The molecule has 2 aliphatic rings. The van der Waals surface area contributed by atoms with Crippen molar-refractivity contribution in [1.29, 1.82) is 0 Å². The third kappa shape index (κ3) is 4.65. The van der Waals surface area contributed by atoms with E-state index in [1.54, 1.807) is 0 Å². The van der Waals surface area contributed by atoms with Crippen molar-refractivity contribution in [3.05, 3.63) is 42.5 Å². The number of nitrogens with one attached hydrogen (secondary N) is 1. The Morgan fingerprint density at radius 1 is 1.07 bits per heavy atom. The first-order valence-corrected chi connectivity index (χ1v) is 11.1. The van der Waals surface area contributed by atoms with Gasteiger partial charge in [-0.25, -0.2) is 0 Å². The van der Waals surface area contributed by atoms with E-state index in [0.29, 0.717) is 19.1 Å². The number of carbonyl (C=O) groups is 2. The van der Waals surface area contributed by atoms with Gasteiger partial charge in [-0.1, -0.05) is 36.4 Å². The van der Waals surface area contributed by atoms with Crippen LogP contribution in [0.1, 0.15) is 26.7 Å². The van der Waals surface area contributed by atoms with Gasteiger partial charge in [0.1, 0.15) is 0 Å². The molecule has 1 unspecified atom stereocenters. The molecule has 0 aromatic heterocycles. The third-order valence-corrected chi connectivity index (χ3v) is 6.29. The quantitative estimate of drug-likeness (QED) is 0.765. The lowest BCUT2D eigenvalue weighted by molar-refractivity contribution is -0.127. The van der Waals surface area contributed by atoms with Crippen LogP contribution in [0.25, 0.3) is 10.8 Å². The number of likely N-dealkylation sites (N-methyl/N-ethyl adjacent to an activating group) is 1. The first-order chi connectivity index (χ1) is 14.6. The molecule has 30 heavy (non-hydrogen) atoms. The fraction of sp³-hybridized carbons (Fsp3) is 0.500.